The van der Waals surface area contributed by atoms with E-state index in [9.17, 15) is 5.11 Å². The fraction of sp³-hybridized carbons (Fsp3) is 0.571. The summed E-state index contributed by atoms with van der Waals surface area (Å²) in [4.78, 5) is 3.98. The van der Waals surface area contributed by atoms with E-state index in [2.05, 4.69) is 29.2 Å². The number of aliphatic hydroxyl groups excluding tert-OH is 1. The number of hydrogen-bond acceptors (Lipinski definition) is 3. The first-order valence-corrected chi connectivity index (χ1v) is 7.34. The molecule has 2 heterocycles. The molecule has 0 aliphatic carbocycles. The van der Waals surface area contributed by atoms with Crippen LogP contribution < -0.4 is 0 Å². The Morgan fingerprint density at radius 2 is 2.00 bits per heavy atom. The molecule has 0 bridgehead atoms. The van der Waals surface area contributed by atoms with Gasteiger partial charge < -0.3 is 10.0 Å². The van der Waals surface area contributed by atoms with Gasteiger partial charge in [0.2, 0.25) is 0 Å². The van der Waals surface area contributed by atoms with E-state index in [0.717, 1.165) is 25.9 Å². The molecule has 0 saturated carbocycles. The molecule has 2 nitrogen and oxygen atoms in total. The second kappa shape index (κ2) is 5.01. The summed E-state index contributed by atoms with van der Waals surface area (Å²) in [5.74, 6) is 0. The molecule has 3 heteroatoms. The number of likely N-dealkylation sites (tertiary alicyclic amines) is 1. The average Bonchev–Trinajstić information content (AvgIpc) is 2.74. The zero-order valence-corrected chi connectivity index (χ0v) is 10.8. The standard InChI is InChI=1S/C14H19NOS/c16-12-5-7-15(8-6-12)10-13-9-11-3-1-2-4-14(11)17-13/h1-4,12-13,16H,5-10H2. The Morgan fingerprint density at radius 1 is 1.24 bits per heavy atom. The van der Waals surface area contributed by atoms with Crippen molar-refractivity contribution in [2.75, 3.05) is 19.6 Å². The molecular formula is C14H19NOS. The van der Waals surface area contributed by atoms with E-state index < -0.39 is 0 Å². The van der Waals surface area contributed by atoms with Gasteiger partial charge in [0.05, 0.1) is 6.10 Å². The minimum Gasteiger partial charge on any atom is -0.393 e. The topological polar surface area (TPSA) is 23.5 Å². The number of benzene rings is 1. The molecule has 1 aromatic carbocycles. The van der Waals surface area contributed by atoms with Gasteiger partial charge in [-0.1, -0.05) is 18.2 Å². The molecule has 1 N–H and O–H groups in total. The lowest BCUT2D eigenvalue weighted by molar-refractivity contribution is 0.0829. The predicted octanol–water partition coefficient (Wildman–Crippen LogP) is 2.16. The Balaban J connectivity index is 1.55. The molecule has 17 heavy (non-hydrogen) atoms. The zero-order chi connectivity index (χ0) is 11.7. The fourth-order valence-electron chi connectivity index (χ4n) is 2.75. The first kappa shape index (κ1) is 11.6. The van der Waals surface area contributed by atoms with Crippen molar-refractivity contribution in [1.82, 2.24) is 4.90 Å². The molecule has 1 saturated heterocycles. The molecule has 0 amide bonds. The first-order valence-electron chi connectivity index (χ1n) is 6.46. The lowest BCUT2D eigenvalue weighted by atomic mass is 10.1. The Bertz CT molecular complexity index is 363. The van der Waals surface area contributed by atoms with Gasteiger partial charge in [0.1, 0.15) is 0 Å². The summed E-state index contributed by atoms with van der Waals surface area (Å²) in [5, 5.41) is 10.2. The molecule has 0 aromatic heterocycles. The number of hydrogen-bond donors (Lipinski definition) is 1. The first-order chi connectivity index (χ1) is 8.31. The highest BCUT2D eigenvalue weighted by molar-refractivity contribution is 8.00. The third kappa shape index (κ3) is 2.67. The van der Waals surface area contributed by atoms with Crippen molar-refractivity contribution in [3.8, 4) is 0 Å². The van der Waals surface area contributed by atoms with Gasteiger partial charge in [-0.15, -0.1) is 11.8 Å². The van der Waals surface area contributed by atoms with Gasteiger partial charge in [-0.25, -0.2) is 0 Å². The van der Waals surface area contributed by atoms with E-state index in [1.54, 1.807) is 0 Å². The molecule has 0 spiro atoms. The molecule has 1 aromatic rings. The van der Waals surface area contributed by atoms with Crippen LogP contribution in [0.4, 0.5) is 0 Å². The van der Waals surface area contributed by atoms with Gasteiger partial charge in [-0.3, -0.25) is 0 Å². The van der Waals surface area contributed by atoms with Crippen molar-refractivity contribution in [3.05, 3.63) is 29.8 Å². The summed E-state index contributed by atoms with van der Waals surface area (Å²) in [7, 11) is 0. The molecule has 92 valence electrons. The Morgan fingerprint density at radius 3 is 2.76 bits per heavy atom. The quantitative estimate of drug-likeness (QED) is 0.869. The molecule has 1 fully saturated rings. The second-order valence-electron chi connectivity index (χ2n) is 5.08. The normalized spacial score (nSPS) is 26.1. The van der Waals surface area contributed by atoms with E-state index >= 15 is 0 Å². The SMILES string of the molecule is OC1CCN(CC2Cc3ccccc3S2)CC1. The number of nitrogens with zero attached hydrogens (tertiary/aromatic N) is 1. The van der Waals surface area contributed by atoms with Gasteiger partial charge in [-0.2, -0.15) is 0 Å². The highest BCUT2D eigenvalue weighted by Crippen LogP contribution is 2.37. The van der Waals surface area contributed by atoms with E-state index in [1.165, 1.54) is 23.4 Å². The monoisotopic (exact) mass is 249 g/mol. The third-order valence-electron chi connectivity index (χ3n) is 3.73. The summed E-state index contributed by atoms with van der Waals surface area (Å²) in [5.41, 5.74) is 1.51. The van der Waals surface area contributed by atoms with Crippen molar-refractivity contribution in [3.63, 3.8) is 0 Å². The van der Waals surface area contributed by atoms with Crippen molar-refractivity contribution >= 4 is 11.8 Å². The maximum atomic E-state index is 9.50. The van der Waals surface area contributed by atoms with Crippen LogP contribution >= 0.6 is 11.8 Å². The van der Waals surface area contributed by atoms with Crippen LogP contribution in [-0.4, -0.2) is 41.0 Å². The van der Waals surface area contributed by atoms with Crippen molar-refractivity contribution in [1.29, 1.82) is 0 Å². The minimum absolute atomic E-state index is 0.0559. The van der Waals surface area contributed by atoms with Crippen LogP contribution in [-0.2, 0) is 6.42 Å². The van der Waals surface area contributed by atoms with Crippen LogP contribution in [0.3, 0.4) is 0 Å². The Labute approximate surface area is 107 Å². The van der Waals surface area contributed by atoms with Crippen molar-refractivity contribution in [2.24, 2.45) is 0 Å². The van der Waals surface area contributed by atoms with Crippen LogP contribution in [0.15, 0.2) is 29.2 Å². The van der Waals surface area contributed by atoms with Crippen molar-refractivity contribution < 1.29 is 5.11 Å². The maximum absolute atomic E-state index is 9.50. The minimum atomic E-state index is -0.0559. The summed E-state index contributed by atoms with van der Waals surface area (Å²) in [6.07, 6.45) is 3.05. The van der Waals surface area contributed by atoms with Crippen LogP contribution in [0.25, 0.3) is 0 Å². The highest BCUT2D eigenvalue weighted by atomic mass is 32.2. The van der Waals surface area contributed by atoms with E-state index in [-0.39, 0.29) is 6.10 Å². The number of piperidine rings is 1. The van der Waals surface area contributed by atoms with E-state index in [0.29, 0.717) is 5.25 Å². The van der Waals surface area contributed by atoms with Crippen LogP contribution in [0.5, 0.6) is 0 Å². The third-order valence-corrected chi connectivity index (χ3v) is 5.03. The number of fused-ring (bicyclic) bond motifs is 1. The van der Waals surface area contributed by atoms with Gasteiger partial charge in [0, 0.05) is 29.8 Å². The lowest BCUT2D eigenvalue weighted by Gasteiger charge is -2.31. The van der Waals surface area contributed by atoms with E-state index in [1.807, 2.05) is 11.8 Å². The molecule has 2 aliphatic heterocycles. The summed E-state index contributed by atoms with van der Waals surface area (Å²) in [6, 6.07) is 8.76. The molecule has 3 rings (SSSR count). The molecule has 1 atom stereocenters. The fourth-order valence-corrected chi connectivity index (χ4v) is 4.11. The summed E-state index contributed by atoms with van der Waals surface area (Å²) in [6.45, 7) is 3.30. The molecule has 1 unspecified atom stereocenters. The number of thioether (sulfide) groups is 1. The lowest BCUT2D eigenvalue weighted by Crippen LogP contribution is -2.39. The molecule has 2 aliphatic rings. The number of aliphatic hydroxyl groups is 1. The van der Waals surface area contributed by atoms with Gasteiger partial charge in [-0.05, 0) is 30.9 Å². The maximum Gasteiger partial charge on any atom is 0.0564 e. The summed E-state index contributed by atoms with van der Waals surface area (Å²) >= 11 is 2.03. The Hall–Kier alpha value is -0.510. The van der Waals surface area contributed by atoms with Crippen LogP contribution in [0, 0.1) is 0 Å². The zero-order valence-electron chi connectivity index (χ0n) is 10.0. The molecule has 0 radical (unpaired) electrons. The predicted molar refractivity (Wildman–Crippen MR) is 71.5 cm³/mol. The molecular weight excluding hydrogens is 230 g/mol. The summed E-state index contributed by atoms with van der Waals surface area (Å²) < 4.78 is 0. The Kier molecular flexibility index (Phi) is 3.41. The van der Waals surface area contributed by atoms with Gasteiger partial charge in [0.25, 0.3) is 0 Å². The largest absolute Gasteiger partial charge is 0.393 e. The average molecular weight is 249 g/mol. The number of rotatable bonds is 2. The van der Waals surface area contributed by atoms with E-state index in [4.69, 9.17) is 0 Å². The van der Waals surface area contributed by atoms with Gasteiger partial charge >= 0.3 is 0 Å². The van der Waals surface area contributed by atoms with Crippen molar-refractivity contribution in [2.45, 2.75) is 35.5 Å². The smallest absolute Gasteiger partial charge is 0.0564 e. The van der Waals surface area contributed by atoms with Crippen LogP contribution in [0.1, 0.15) is 18.4 Å². The highest BCUT2D eigenvalue weighted by Gasteiger charge is 2.25. The second-order valence-corrected chi connectivity index (χ2v) is 6.43. The van der Waals surface area contributed by atoms with Gasteiger partial charge in [0.15, 0.2) is 0 Å². The van der Waals surface area contributed by atoms with Crippen LogP contribution in [0.2, 0.25) is 0 Å².